The number of benzene rings is 2. The summed E-state index contributed by atoms with van der Waals surface area (Å²) in [6.45, 7) is 5.95. The van der Waals surface area contributed by atoms with Gasteiger partial charge in [-0.1, -0.05) is 33.6 Å². The van der Waals surface area contributed by atoms with Crippen LogP contribution >= 0.6 is 15.9 Å². The molecule has 26 heavy (non-hydrogen) atoms. The van der Waals surface area contributed by atoms with Crippen LogP contribution in [0.1, 0.15) is 31.0 Å². The zero-order valence-corrected chi connectivity index (χ0v) is 17.1. The minimum Gasteiger partial charge on any atom is -0.494 e. The van der Waals surface area contributed by atoms with Crippen molar-refractivity contribution in [3.8, 4) is 5.75 Å². The molecule has 2 rings (SSSR count). The highest BCUT2D eigenvalue weighted by Crippen LogP contribution is 2.28. The van der Waals surface area contributed by atoms with Crippen LogP contribution in [0.15, 0.2) is 51.8 Å². The molecule has 0 bridgehead atoms. The summed E-state index contributed by atoms with van der Waals surface area (Å²) in [7, 11) is -3.94. The Hall–Kier alpha value is -2.06. The first-order valence-corrected chi connectivity index (χ1v) is 10.3. The molecule has 2 N–H and O–H groups in total. The van der Waals surface area contributed by atoms with E-state index in [0.29, 0.717) is 12.4 Å². The van der Waals surface area contributed by atoms with Crippen LogP contribution in [-0.4, -0.2) is 21.1 Å². The van der Waals surface area contributed by atoms with Gasteiger partial charge in [0.05, 0.1) is 17.5 Å². The van der Waals surface area contributed by atoms with Gasteiger partial charge in [-0.2, -0.15) is 0 Å². The monoisotopic (exact) mass is 440 g/mol. The van der Waals surface area contributed by atoms with Crippen molar-refractivity contribution < 1.29 is 17.9 Å². The smallest absolute Gasteiger partial charge is 0.329 e. The highest BCUT2D eigenvalue weighted by molar-refractivity contribution is 9.10. The fourth-order valence-electron chi connectivity index (χ4n) is 2.35. The molecule has 0 aliphatic heterocycles. The Balaban J connectivity index is 2.12. The summed E-state index contributed by atoms with van der Waals surface area (Å²) >= 11 is 3.39. The Morgan fingerprint density at radius 1 is 1.19 bits per heavy atom. The van der Waals surface area contributed by atoms with Gasteiger partial charge in [0.15, 0.2) is 0 Å². The van der Waals surface area contributed by atoms with Gasteiger partial charge in [0, 0.05) is 10.0 Å². The number of sulfonamides is 1. The van der Waals surface area contributed by atoms with E-state index in [2.05, 4.69) is 21.2 Å². The van der Waals surface area contributed by atoms with E-state index in [-0.39, 0.29) is 4.90 Å². The average Bonchev–Trinajstić information content (AvgIpc) is 2.56. The summed E-state index contributed by atoms with van der Waals surface area (Å²) in [5.41, 5.74) is 1.67. The minimum absolute atomic E-state index is 0.0309. The molecule has 0 spiro atoms. The number of carbonyl (C=O) groups excluding carboxylic acids is 1. The van der Waals surface area contributed by atoms with Crippen LogP contribution in [0.2, 0.25) is 0 Å². The number of carbonyl (C=O) groups is 1. The Kier molecular flexibility index (Phi) is 6.66. The predicted octanol–water partition coefficient (Wildman–Crippen LogP) is 3.91. The summed E-state index contributed by atoms with van der Waals surface area (Å²) in [5.74, 6) is 0.630. The predicted molar refractivity (Wildman–Crippen MR) is 104 cm³/mol. The van der Waals surface area contributed by atoms with Gasteiger partial charge in [0.1, 0.15) is 5.75 Å². The summed E-state index contributed by atoms with van der Waals surface area (Å²) in [5, 5.41) is 2.63. The number of urea groups is 1. The standard InChI is InChI=1S/C18H21BrN2O4S/c1-4-25-17-10-7-14(19)11-16(17)13(3)20-18(22)21-26(23,24)15-8-5-12(2)6-9-15/h5-11,13H,4H2,1-3H3,(H2,20,21,22). The fraction of sp³-hybridized carbons (Fsp3) is 0.278. The molecule has 0 aromatic heterocycles. The summed E-state index contributed by atoms with van der Waals surface area (Å²) in [6.07, 6.45) is 0. The van der Waals surface area contributed by atoms with Crippen molar-refractivity contribution in [2.45, 2.75) is 31.7 Å². The second kappa shape index (κ2) is 8.55. The Bertz CT molecular complexity index is 883. The fourth-order valence-corrected chi connectivity index (χ4v) is 3.64. The van der Waals surface area contributed by atoms with Crippen molar-refractivity contribution in [2.75, 3.05) is 6.61 Å². The number of ether oxygens (including phenoxy) is 1. The van der Waals surface area contributed by atoms with Gasteiger partial charge in [-0.05, 0) is 51.1 Å². The van der Waals surface area contributed by atoms with Gasteiger partial charge in [0.2, 0.25) is 0 Å². The molecule has 140 valence electrons. The maximum Gasteiger partial charge on any atom is 0.329 e. The lowest BCUT2D eigenvalue weighted by Crippen LogP contribution is -2.40. The molecular formula is C18H21BrN2O4S. The second-order valence-electron chi connectivity index (χ2n) is 5.73. The quantitative estimate of drug-likeness (QED) is 0.712. The second-order valence-corrected chi connectivity index (χ2v) is 8.33. The van der Waals surface area contributed by atoms with Gasteiger partial charge in [-0.3, -0.25) is 0 Å². The molecule has 6 nitrogen and oxygen atoms in total. The summed E-state index contributed by atoms with van der Waals surface area (Å²) < 4.78 is 33.0. The molecule has 0 saturated heterocycles. The Morgan fingerprint density at radius 3 is 2.46 bits per heavy atom. The van der Waals surface area contributed by atoms with Gasteiger partial charge >= 0.3 is 6.03 Å². The third-order valence-corrected chi connectivity index (χ3v) is 5.48. The van der Waals surface area contributed by atoms with E-state index < -0.39 is 22.1 Å². The SMILES string of the molecule is CCOc1ccc(Br)cc1C(C)NC(=O)NS(=O)(=O)c1ccc(C)cc1. The summed E-state index contributed by atoms with van der Waals surface area (Å²) in [4.78, 5) is 12.2. The van der Waals surface area contributed by atoms with E-state index in [0.717, 1.165) is 15.6 Å². The van der Waals surface area contributed by atoms with Crippen molar-refractivity contribution >= 4 is 32.0 Å². The van der Waals surface area contributed by atoms with Gasteiger partial charge in [-0.15, -0.1) is 0 Å². The Labute approximate surface area is 162 Å². The average molecular weight is 441 g/mol. The molecule has 0 heterocycles. The van der Waals surface area contributed by atoms with Crippen LogP contribution in [-0.2, 0) is 10.0 Å². The largest absolute Gasteiger partial charge is 0.494 e. The van der Waals surface area contributed by atoms with E-state index in [9.17, 15) is 13.2 Å². The van der Waals surface area contributed by atoms with Crippen molar-refractivity contribution in [1.29, 1.82) is 0 Å². The van der Waals surface area contributed by atoms with Crippen LogP contribution in [0.4, 0.5) is 4.79 Å². The molecular weight excluding hydrogens is 420 g/mol. The van der Waals surface area contributed by atoms with E-state index in [1.54, 1.807) is 25.1 Å². The van der Waals surface area contributed by atoms with Crippen LogP contribution in [0.5, 0.6) is 5.75 Å². The van der Waals surface area contributed by atoms with E-state index in [1.165, 1.54) is 12.1 Å². The van der Waals surface area contributed by atoms with Gasteiger partial charge in [-0.25, -0.2) is 17.9 Å². The topological polar surface area (TPSA) is 84.5 Å². The van der Waals surface area contributed by atoms with Gasteiger partial charge < -0.3 is 10.1 Å². The molecule has 0 radical (unpaired) electrons. The van der Waals surface area contributed by atoms with E-state index in [1.807, 2.05) is 30.7 Å². The number of halogens is 1. The van der Waals surface area contributed by atoms with Crippen LogP contribution in [0.25, 0.3) is 0 Å². The first-order chi connectivity index (χ1) is 12.2. The number of hydrogen-bond acceptors (Lipinski definition) is 4. The third-order valence-electron chi connectivity index (χ3n) is 3.64. The number of rotatable bonds is 6. The molecule has 0 fully saturated rings. The molecule has 8 heteroatoms. The summed E-state index contributed by atoms with van der Waals surface area (Å²) in [6, 6.07) is 10.4. The molecule has 0 aliphatic carbocycles. The molecule has 0 saturated carbocycles. The first-order valence-electron chi connectivity index (χ1n) is 8.05. The Morgan fingerprint density at radius 2 is 1.85 bits per heavy atom. The van der Waals surface area contributed by atoms with Crippen LogP contribution in [0, 0.1) is 6.92 Å². The molecule has 1 atom stereocenters. The maximum atomic E-state index is 12.3. The molecule has 2 aromatic rings. The highest BCUT2D eigenvalue weighted by atomic mass is 79.9. The number of hydrogen-bond donors (Lipinski definition) is 2. The maximum absolute atomic E-state index is 12.3. The van der Waals surface area contributed by atoms with E-state index in [4.69, 9.17) is 4.74 Å². The van der Waals surface area contributed by atoms with E-state index >= 15 is 0 Å². The lowest BCUT2D eigenvalue weighted by Gasteiger charge is -2.19. The number of amides is 2. The van der Waals surface area contributed by atoms with Crippen molar-refractivity contribution in [3.05, 3.63) is 58.1 Å². The van der Waals surface area contributed by atoms with Crippen molar-refractivity contribution in [1.82, 2.24) is 10.0 Å². The highest BCUT2D eigenvalue weighted by Gasteiger charge is 2.20. The lowest BCUT2D eigenvalue weighted by atomic mass is 10.1. The van der Waals surface area contributed by atoms with Crippen LogP contribution in [0.3, 0.4) is 0 Å². The lowest BCUT2D eigenvalue weighted by molar-refractivity contribution is 0.242. The van der Waals surface area contributed by atoms with Gasteiger partial charge in [0.25, 0.3) is 10.0 Å². The molecule has 0 aliphatic rings. The normalized spacial score (nSPS) is 12.3. The first kappa shape index (κ1) is 20.3. The molecule has 2 aromatic carbocycles. The number of aryl methyl sites for hydroxylation is 1. The van der Waals surface area contributed by atoms with Crippen molar-refractivity contribution in [2.24, 2.45) is 0 Å². The third kappa shape index (κ3) is 5.22. The molecule has 1 unspecified atom stereocenters. The zero-order valence-electron chi connectivity index (χ0n) is 14.7. The number of nitrogens with one attached hydrogen (secondary N) is 2. The van der Waals surface area contributed by atoms with Crippen LogP contribution < -0.4 is 14.8 Å². The van der Waals surface area contributed by atoms with Crippen molar-refractivity contribution in [3.63, 3.8) is 0 Å². The zero-order chi connectivity index (χ0) is 19.3. The minimum atomic E-state index is -3.94. The molecule has 2 amide bonds.